The number of aromatic amines is 1. The Kier molecular flexibility index (Phi) is 3.41. The van der Waals surface area contributed by atoms with Gasteiger partial charge in [0.05, 0.1) is 0 Å². The van der Waals surface area contributed by atoms with Crippen LogP contribution in [0, 0.1) is 5.92 Å². The summed E-state index contributed by atoms with van der Waals surface area (Å²) in [5.41, 5.74) is -0.0901. The monoisotopic (exact) mass is 271 g/mol. The van der Waals surface area contributed by atoms with Gasteiger partial charge in [0.25, 0.3) is 5.56 Å². The molecule has 0 radical (unpaired) electrons. The number of nitrogens with one attached hydrogen (secondary N) is 1. The van der Waals surface area contributed by atoms with Gasteiger partial charge in [0.1, 0.15) is 0 Å². The van der Waals surface area contributed by atoms with Crippen LogP contribution in [0.15, 0.2) is 17.2 Å². The van der Waals surface area contributed by atoms with E-state index in [0.29, 0.717) is 11.7 Å². The van der Waals surface area contributed by atoms with E-state index in [4.69, 9.17) is 0 Å². The van der Waals surface area contributed by atoms with Crippen molar-refractivity contribution < 1.29 is 0 Å². The zero-order chi connectivity index (χ0) is 10.7. The molecule has 1 fully saturated rings. The third-order valence-corrected chi connectivity index (χ3v) is 3.64. The number of hydrogen-bond acceptors (Lipinski definition) is 3. The molecule has 1 aliphatic heterocycles. The zero-order valence-corrected chi connectivity index (χ0v) is 10.0. The number of alkyl halides is 1. The van der Waals surface area contributed by atoms with E-state index >= 15 is 0 Å². The maximum absolute atomic E-state index is 11.5. The second-order valence-corrected chi connectivity index (χ2v) is 4.50. The van der Waals surface area contributed by atoms with Gasteiger partial charge in [0, 0.05) is 30.8 Å². The van der Waals surface area contributed by atoms with Crippen molar-refractivity contribution in [2.24, 2.45) is 5.92 Å². The average Bonchev–Trinajstić information content (AvgIpc) is 2.30. The second kappa shape index (κ2) is 4.79. The molecular weight excluding hydrogens is 258 g/mol. The van der Waals surface area contributed by atoms with Gasteiger partial charge in [-0.3, -0.25) is 4.79 Å². The van der Waals surface area contributed by atoms with E-state index in [9.17, 15) is 4.79 Å². The second-order valence-electron chi connectivity index (χ2n) is 3.85. The van der Waals surface area contributed by atoms with Crippen molar-refractivity contribution in [1.82, 2.24) is 9.97 Å². The number of nitrogens with zero attached hydrogens (tertiary/aromatic N) is 2. The van der Waals surface area contributed by atoms with E-state index in [1.807, 2.05) is 0 Å². The number of piperidine rings is 1. The molecule has 82 valence electrons. The number of rotatable bonds is 2. The summed E-state index contributed by atoms with van der Waals surface area (Å²) in [5.74, 6) is 1.18. The Labute approximate surface area is 96.8 Å². The van der Waals surface area contributed by atoms with Crippen molar-refractivity contribution >= 4 is 21.7 Å². The SMILES string of the molecule is O=c1[nH]ccnc1N1CCCC(CBr)C1. The molecule has 1 aromatic heterocycles. The minimum atomic E-state index is -0.0901. The maximum atomic E-state index is 11.5. The number of hydrogen-bond donors (Lipinski definition) is 1. The molecule has 4 nitrogen and oxygen atoms in total. The van der Waals surface area contributed by atoms with E-state index in [1.54, 1.807) is 12.4 Å². The highest BCUT2D eigenvalue weighted by Gasteiger charge is 2.21. The maximum Gasteiger partial charge on any atom is 0.290 e. The molecule has 1 aromatic rings. The molecule has 2 rings (SSSR count). The lowest BCUT2D eigenvalue weighted by molar-refractivity contribution is 0.451. The Balaban J connectivity index is 2.17. The summed E-state index contributed by atoms with van der Waals surface area (Å²) in [5, 5.41) is 0.994. The van der Waals surface area contributed by atoms with E-state index in [1.165, 1.54) is 6.42 Å². The smallest absolute Gasteiger partial charge is 0.290 e. The van der Waals surface area contributed by atoms with Gasteiger partial charge in [-0.15, -0.1) is 0 Å². The fraction of sp³-hybridized carbons (Fsp3) is 0.600. The molecule has 15 heavy (non-hydrogen) atoms. The molecule has 1 atom stereocenters. The molecule has 5 heteroatoms. The summed E-state index contributed by atoms with van der Waals surface area (Å²) in [4.78, 5) is 20.4. The van der Waals surface area contributed by atoms with Crippen LogP contribution in [0.2, 0.25) is 0 Å². The van der Waals surface area contributed by atoms with Gasteiger partial charge < -0.3 is 9.88 Å². The Morgan fingerprint density at radius 3 is 3.27 bits per heavy atom. The van der Waals surface area contributed by atoms with E-state index in [-0.39, 0.29) is 5.56 Å². The van der Waals surface area contributed by atoms with Crippen LogP contribution in [-0.2, 0) is 0 Å². The van der Waals surface area contributed by atoms with E-state index in [2.05, 4.69) is 30.8 Å². The first-order chi connectivity index (χ1) is 7.31. The minimum Gasteiger partial charge on any atom is -0.352 e. The minimum absolute atomic E-state index is 0.0901. The summed E-state index contributed by atoms with van der Waals surface area (Å²) < 4.78 is 0. The molecular formula is C10H14BrN3O. The van der Waals surface area contributed by atoms with Gasteiger partial charge in [0.15, 0.2) is 5.82 Å². The van der Waals surface area contributed by atoms with Crippen LogP contribution in [0.4, 0.5) is 5.82 Å². The standard InChI is InChI=1S/C10H14BrN3O/c11-6-8-2-1-5-14(7-8)9-10(15)13-4-3-12-9/h3-4,8H,1-2,5-7H2,(H,13,15). The number of anilines is 1. The first-order valence-electron chi connectivity index (χ1n) is 5.16. The molecule has 2 heterocycles. The predicted octanol–water partition coefficient (Wildman–Crippen LogP) is 1.38. The van der Waals surface area contributed by atoms with Crippen LogP contribution in [0.25, 0.3) is 0 Å². The largest absolute Gasteiger partial charge is 0.352 e. The molecule has 0 aromatic carbocycles. The summed E-state index contributed by atoms with van der Waals surface area (Å²) >= 11 is 3.50. The highest BCUT2D eigenvalue weighted by Crippen LogP contribution is 2.20. The Morgan fingerprint density at radius 1 is 1.67 bits per heavy atom. The third kappa shape index (κ3) is 2.40. The molecule has 0 spiro atoms. The normalized spacial score (nSPS) is 21.7. The van der Waals surface area contributed by atoms with Crippen LogP contribution in [0.1, 0.15) is 12.8 Å². The molecule has 0 aliphatic carbocycles. The fourth-order valence-corrected chi connectivity index (χ4v) is 2.48. The van der Waals surface area contributed by atoms with Crippen LogP contribution in [0.5, 0.6) is 0 Å². The van der Waals surface area contributed by atoms with Gasteiger partial charge >= 0.3 is 0 Å². The van der Waals surface area contributed by atoms with Crippen LogP contribution >= 0.6 is 15.9 Å². The number of aromatic nitrogens is 2. The highest BCUT2D eigenvalue weighted by molar-refractivity contribution is 9.09. The lowest BCUT2D eigenvalue weighted by atomic mass is 10.0. The lowest BCUT2D eigenvalue weighted by Crippen LogP contribution is -2.39. The van der Waals surface area contributed by atoms with Gasteiger partial charge in [-0.1, -0.05) is 15.9 Å². The van der Waals surface area contributed by atoms with Crippen molar-refractivity contribution in [3.8, 4) is 0 Å². The Hall–Kier alpha value is -0.840. The van der Waals surface area contributed by atoms with Gasteiger partial charge in [0.2, 0.25) is 0 Å². The topological polar surface area (TPSA) is 49.0 Å². The molecule has 1 unspecified atom stereocenters. The van der Waals surface area contributed by atoms with Gasteiger partial charge in [-0.25, -0.2) is 4.98 Å². The van der Waals surface area contributed by atoms with E-state index < -0.39 is 0 Å². The molecule has 1 saturated heterocycles. The van der Waals surface area contributed by atoms with Crippen molar-refractivity contribution in [1.29, 1.82) is 0 Å². The quantitative estimate of drug-likeness (QED) is 0.827. The first-order valence-corrected chi connectivity index (χ1v) is 6.28. The summed E-state index contributed by atoms with van der Waals surface area (Å²) in [6.45, 7) is 1.86. The van der Waals surface area contributed by atoms with Crippen molar-refractivity contribution in [3.05, 3.63) is 22.7 Å². The van der Waals surface area contributed by atoms with E-state index in [0.717, 1.165) is 24.8 Å². The fourth-order valence-electron chi connectivity index (χ4n) is 1.95. The zero-order valence-electron chi connectivity index (χ0n) is 8.45. The van der Waals surface area contributed by atoms with Crippen LogP contribution in [-0.4, -0.2) is 28.4 Å². The molecule has 1 N–H and O–H groups in total. The first kappa shape index (κ1) is 10.7. The molecule has 1 aliphatic rings. The average molecular weight is 272 g/mol. The summed E-state index contributed by atoms with van der Waals surface area (Å²) in [6, 6.07) is 0. The Morgan fingerprint density at radius 2 is 2.53 bits per heavy atom. The third-order valence-electron chi connectivity index (χ3n) is 2.73. The Bertz CT molecular complexity index is 379. The van der Waals surface area contributed by atoms with Crippen molar-refractivity contribution in [2.45, 2.75) is 12.8 Å². The summed E-state index contributed by atoms with van der Waals surface area (Å²) in [6.07, 6.45) is 5.56. The molecule has 0 amide bonds. The van der Waals surface area contributed by atoms with Crippen LogP contribution in [0.3, 0.4) is 0 Å². The molecule has 0 bridgehead atoms. The predicted molar refractivity (Wildman–Crippen MR) is 63.6 cm³/mol. The lowest BCUT2D eigenvalue weighted by Gasteiger charge is -2.31. The highest BCUT2D eigenvalue weighted by atomic mass is 79.9. The van der Waals surface area contributed by atoms with Gasteiger partial charge in [-0.05, 0) is 18.8 Å². The summed E-state index contributed by atoms with van der Waals surface area (Å²) in [7, 11) is 0. The molecule has 0 saturated carbocycles. The van der Waals surface area contributed by atoms with Crippen molar-refractivity contribution in [2.75, 3.05) is 23.3 Å². The van der Waals surface area contributed by atoms with Crippen molar-refractivity contribution in [3.63, 3.8) is 0 Å². The number of halogens is 1. The van der Waals surface area contributed by atoms with Gasteiger partial charge in [-0.2, -0.15) is 0 Å². The number of H-pyrrole nitrogens is 1. The van der Waals surface area contributed by atoms with Crippen LogP contribution < -0.4 is 10.5 Å².